The van der Waals surface area contributed by atoms with Crippen LogP contribution in [0.15, 0.2) is 47.7 Å². The van der Waals surface area contributed by atoms with Crippen molar-refractivity contribution in [2.45, 2.75) is 18.9 Å². The van der Waals surface area contributed by atoms with Gasteiger partial charge < -0.3 is 10.2 Å². The molecule has 6 heteroatoms. The van der Waals surface area contributed by atoms with Crippen molar-refractivity contribution in [2.24, 2.45) is 16.8 Å². The Kier molecular flexibility index (Phi) is 5.07. The first-order valence-corrected chi connectivity index (χ1v) is 11.1. The van der Waals surface area contributed by atoms with Crippen LogP contribution in [-0.2, 0) is 6.42 Å². The number of anilines is 1. The maximum atomic E-state index is 13.0. The van der Waals surface area contributed by atoms with Crippen LogP contribution in [0.4, 0.5) is 10.1 Å². The number of hydrogen-bond donors (Lipinski definition) is 1. The lowest BCUT2D eigenvalue weighted by Gasteiger charge is -2.19. The molecular formula is C22H25FN4S. The van der Waals surface area contributed by atoms with Crippen molar-refractivity contribution in [2.75, 3.05) is 36.8 Å². The lowest BCUT2D eigenvalue weighted by Crippen LogP contribution is -2.25. The minimum Gasteiger partial charge on any atom is -0.370 e. The Morgan fingerprint density at radius 3 is 2.68 bits per heavy atom. The van der Waals surface area contributed by atoms with Gasteiger partial charge >= 0.3 is 0 Å². The first-order chi connectivity index (χ1) is 13.7. The van der Waals surface area contributed by atoms with E-state index in [0.29, 0.717) is 6.04 Å². The molecule has 0 amide bonds. The predicted molar refractivity (Wildman–Crippen MR) is 114 cm³/mol. The molecule has 0 aliphatic carbocycles. The molecule has 0 saturated carbocycles. The molecule has 4 nitrogen and oxygen atoms in total. The molecule has 0 bridgehead atoms. The summed E-state index contributed by atoms with van der Waals surface area (Å²) in [6.45, 7) is 4.55. The van der Waals surface area contributed by atoms with Crippen LogP contribution in [0.25, 0.3) is 0 Å². The molecule has 1 unspecified atom stereocenters. The highest BCUT2D eigenvalue weighted by Gasteiger charge is 2.36. The van der Waals surface area contributed by atoms with Crippen LogP contribution >= 0.6 is 11.8 Å². The third kappa shape index (κ3) is 3.80. The Balaban J connectivity index is 1.23. The fourth-order valence-corrected chi connectivity index (χ4v) is 5.58. The molecular weight excluding hydrogens is 371 g/mol. The molecule has 5 rings (SSSR count). The van der Waals surface area contributed by atoms with Gasteiger partial charge in [0.15, 0.2) is 0 Å². The van der Waals surface area contributed by atoms with Gasteiger partial charge in [0.25, 0.3) is 0 Å². The summed E-state index contributed by atoms with van der Waals surface area (Å²) in [6.07, 6.45) is 5.86. The molecule has 1 N–H and O–H groups in total. The van der Waals surface area contributed by atoms with Crippen LogP contribution in [0.1, 0.15) is 17.5 Å². The number of benzene rings is 1. The quantitative estimate of drug-likeness (QED) is 0.841. The van der Waals surface area contributed by atoms with E-state index in [1.54, 1.807) is 0 Å². The number of nitrogens with zero attached hydrogens (tertiary/aromatic N) is 3. The Bertz CT molecular complexity index is 857. The van der Waals surface area contributed by atoms with Crippen molar-refractivity contribution < 1.29 is 4.39 Å². The summed E-state index contributed by atoms with van der Waals surface area (Å²) in [6, 6.07) is 9.40. The van der Waals surface area contributed by atoms with Crippen LogP contribution in [0.3, 0.4) is 0 Å². The number of aliphatic imine (C=N–C) groups is 1. The third-order valence-electron chi connectivity index (χ3n) is 6.12. The van der Waals surface area contributed by atoms with E-state index in [-0.39, 0.29) is 5.82 Å². The lowest BCUT2D eigenvalue weighted by molar-refractivity contribution is 0.533. The summed E-state index contributed by atoms with van der Waals surface area (Å²) < 4.78 is 13.0. The molecule has 3 aliphatic heterocycles. The average molecular weight is 397 g/mol. The molecule has 2 fully saturated rings. The second kappa shape index (κ2) is 7.84. The highest BCUT2D eigenvalue weighted by Crippen LogP contribution is 2.32. The number of nitrogens with one attached hydrogen (secondary N) is 1. The SMILES string of the molecule is Fc1ccc(CCC2CSC(c3cncc(N4C[C@H]5CNC[C@H]5C4)c3)=N2)cc1. The van der Waals surface area contributed by atoms with Crippen molar-refractivity contribution in [3.05, 3.63) is 59.7 Å². The topological polar surface area (TPSA) is 40.5 Å². The van der Waals surface area contributed by atoms with Gasteiger partial charge in [-0.25, -0.2) is 4.39 Å². The first kappa shape index (κ1) is 18.1. The fourth-order valence-electron chi connectivity index (χ4n) is 4.49. The zero-order valence-electron chi connectivity index (χ0n) is 15.9. The molecule has 4 heterocycles. The van der Waals surface area contributed by atoms with Crippen LogP contribution < -0.4 is 10.2 Å². The Morgan fingerprint density at radius 1 is 1.11 bits per heavy atom. The van der Waals surface area contributed by atoms with E-state index >= 15 is 0 Å². The highest BCUT2D eigenvalue weighted by molar-refractivity contribution is 8.14. The van der Waals surface area contributed by atoms with Gasteiger partial charge in [-0.2, -0.15) is 0 Å². The Labute approximate surface area is 169 Å². The van der Waals surface area contributed by atoms with Crippen LogP contribution in [0, 0.1) is 17.7 Å². The summed E-state index contributed by atoms with van der Waals surface area (Å²) >= 11 is 1.83. The molecule has 1 aromatic heterocycles. The van der Waals surface area contributed by atoms with Crippen LogP contribution in [0.5, 0.6) is 0 Å². The number of thioether (sulfide) groups is 1. The Hall–Kier alpha value is -1.92. The zero-order chi connectivity index (χ0) is 18.9. The number of hydrogen-bond acceptors (Lipinski definition) is 5. The minimum absolute atomic E-state index is 0.175. The minimum atomic E-state index is -0.175. The van der Waals surface area contributed by atoms with Gasteiger partial charge in [-0.1, -0.05) is 12.1 Å². The predicted octanol–water partition coefficient (Wildman–Crippen LogP) is 3.37. The Morgan fingerprint density at radius 2 is 1.89 bits per heavy atom. The molecule has 1 aromatic carbocycles. The van der Waals surface area contributed by atoms with Gasteiger partial charge in [0.05, 0.1) is 23.0 Å². The van der Waals surface area contributed by atoms with Crippen molar-refractivity contribution in [1.82, 2.24) is 10.3 Å². The van der Waals surface area contributed by atoms with Crippen molar-refractivity contribution in [1.29, 1.82) is 0 Å². The van der Waals surface area contributed by atoms with Gasteiger partial charge in [-0.3, -0.25) is 9.98 Å². The fraction of sp³-hybridized carbons (Fsp3) is 0.455. The van der Waals surface area contributed by atoms with Gasteiger partial charge in [-0.05, 0) is 48.4 Å². The van der Waals surface area contributed by atoms with Crippen molar-refractivity contribution in [3.8, 4) is 0 Å². The maximum absolute atomic E-state index is 13.0. The molecule has 0 spiro atoms. The second-order valence-electron chi connectivity index (χ2n) is 8.08. The maximum Gasteiger partial charge on any atom is 0.123 e. The summed E-state index contributed by atoms with van der Waals surface area (Å²) in [4.78, 5) is 11.9. The normalized spacial score (nSPS) is 26.5. The monoisotopic (exact) mass is 396 g/mol. The molecule has 0 radical (unpaired) electrons. The van der Waals surface area contributed by atoms with E-state index in [9.17, 15) is 4.39 Å². The van der Waals surface area contributed by atoms with E-state index in [1.165, 1.54) is 23.4 Å². The second-order valence-corrected chi connectivity index (χ2v) is 9.09. The summed E-state index contributed by atoms with van der Waals surface area (Å²) in [7, 11) is 0. The van der Waals surface area contributed by atoms with E-state index in [2.05, 4.69) is 21.3 Å². The summed E-state index contributed by atoms with van der Waals surface area (Å²) in [5.41, 5.74) is 3.54. The van der Waals surface area contributed by atoms with E-state index < -0.39 is 0 Å². The third-order valence-corrected chi connectivity index (χ3v) is 7.28. The van der Waals surface area contributed by atoms with Crippen molar-refractivity contribution >= 4 is 22.5 Å². The van der Waals surface area contributed by atoms with E-state index in [1.807, 2.05) is 36.3 Å². The molecule has 3 aliphatic rings. The number of rotatable bonds is 5. The molecule has 2 aromatic rings. The highest BCUT2D eigenvalue weighted by atomic mass is 32.2. The van der Waals surface area contributed by atoms with Gasteiger partial charge in [-0.15, -0.1) is 11.8 Å². The largest absolute Gasteiger partial charge is 0.370 e. The number of pyridine rings is 1. The number of aryl methyl sites for hydroxylation is 1. The molecule has 146 valence electrons. The van der Waals surface area contributed by atoms with E-state index in [0.717, 1.165) is 67.2 Å². The summed E-state index contributed by atoms with van der Waals surface area (Å²) in [5.74, 6) is 2.39. The first-order valence-electron chi connectivity index (χ1n) is 10.1. The number of halogens is 1. The van der Waals surface area contributed by atoms with Gasteiger partial charge in [0.1, 0.15) is 5.82 Å². The van der Waals surface area contributed by atoms with Crippen molar-refractivity contribution in [3.63, 3.8) is 0 Å². The lowest BCUT2D eigenvalue weighted by atomic mass is 10.0. The molecule has 2 saturated heterocycles. The van der Waals surface area contributed by atoms with Gasteiger partial charge in [0.2, 0.25) is 0 Å². The van der Waals surface area contributed by atoms with Crippen LogP contribution in [0.2, 0.25) is 0 Å². The zero-order valence-corrected chi connectivity index (χ0v) is 16.7. The molecule has 3 atom stereocenters. The average Bonchev–Trinajstić information content (AvgIpc) is 3.44. The standard InChI is InChI=1S/C22H25FN4S/c23-19-4-1-15(2-5-19)3-6-20-14-28-22(26-20)16-7-21(11-25-8-16)27-12-17-9-24-10-18(17)13-27/h1-2,4-5,7-8,11,17-18,20,24H,3,6,9-10,12-14H2/t17-,18+,20?. The summed E-state index contributed by atoms with van der Waals surface area (Å²) in [5, 5.41) is 4.61. The smallest absolute Gasteiger partial charge is 0.123 e. The number of fused-ring (bicyclic) bond motifs is 1. The van der Waals surface area contributed by atoms with Gasteiger partial charge in [0, 0.05) is 43.7 Å². The van der Waals surface area contributed by atoms with E-state index in [4.69, 9.17) is 4.99 Å². The van der Waals surface area contributed by atoms with Crippen LogP contribution in [-0.4, -0.2) is 48.0 Å². The molecule has 28 heavy (non-hydrogen) atoms. The number of aromatic nitrogens is 1.